The molecule has 0 aromatic heterocycles. The summed E-state index contributed by atoms with van der Waals surface area (Å²) in [6.07, 6.45) is 4.00. The first kappa shape index (κ1) is 15.4. The molecule has 1 aliphatic heterocycles. The molecule has 0 aromatic carbocycles. The molecule has 0 saturated carbocycles. The third-order valence-electron chi connectivity index (χ3n) is 3.11. The maximum atomic E-state index is 11.7. The molecule has 1 aliphatic rings. The highest BCUT2D eigenvalue weighted by atomic mass is 32.2. The summed E-state index contributed by atoms with van der Waals surface area (Å²) in [5.41, 5.74) is 0. The fourth-order valence-electron chi connectivity index (χ4n) is 2.07. The molecule has 1 heterocycles. The number of sulfone groups is 1. The summed E-state index contributed by atoms with van der Waals surface area (Å²) in [5.74, 6) is -0.375. The summed E-state index contributed by atoms with van der Waals surface area (Å²) < 4.78 is 28.2. The quantitative estimate of drug-likeness (QED) is 0.700. The largest absolute Gasteiger partial charge is 0.466 e. The molecule has 0 aliphatic carbocycles. The van der Waals surface area contributed by atoms with Gasteiger partial charge >= 0.3 is 5.97 Å². The van der Waals surface area contributed by atoms with E-state index in [1.54, 1.807) is 6.92 Å². The molecule has 0 radical (unpaired) electrons. The van der Waals surface area contributed by atoms with Gasteiger partial charge in [0.1, 0.15) is 0 Å². The van der Waals surface area contributed by atoms with E-state index in [1.807, 2.05) is 0 Å². The Labute approximate surface area is 109 Å². The summed E-state index contributed by atoms with van der Waals surface area (Å²) in [5, 5.41) is 3.32. The third kappa shape index (κ3) is 6.35. The van der Waals surface area contributed by atoms with Crippen molar-refractivity contribution in [3.8, 4) is 0 Å². The first-order valence-corrected chi connectivity index (χ1v) is 8.45. The Morgan fingerprint density at radius 2 is 2.11 bits per heavy atom. The second-order valence-corrected chi connectivity index (χ2v) is 6.95. The van der Waals surface area contributed by atoms with Gasteiger partial charge in [0, 0.05) is 6.04 Å². The number of nitrogens with one attached hydrogen (secondary N) is 1. The van der Waals surface area contributed by atoms with Crippen LogP contribution in [-0.2, 0) is 19.4 Å². The fraction of sp³-hybridized carbons (Fsp3) is 0.917. The molecule has 1 fully saturated rings. The van der Waals surface area contributed by atoms with E-state index in [-0.39, 0.29) is 17.9 Å². The Morgan fingerprint density at radius 1 is 1.33 bits per heavy atom. The lowest BCUT2D eigenvalue weighted by Gasteiger charge is -2.23. The molecule has 1 N–H and O–H groups in total. The highest BCUT2D eigenvalue weighted by Gasteiger charge is 2.18. The van der Waals surface area contributed by atoms with Crippen LogP contribution in [0.4, 0.5) is 0 Å². The van der Waals surface area contributed by atoms with Crippen LogP contribution in [0.5, 0.6) is 0 Å². The molecule has 0 bridgehead atoms. The van der Waals surface area contributed by atoms with Crippen molar-refractivity contribution >= 4 is 15.8 Å². The lowest BCUT2D eigenvalue weighted by molar-refractivity contribution is -0.142. The smallest absolute Gasteiger partial charge is 0.306 e. The number of ether oxygens (including phenoxy) is 1. The Morgan fingerprint density at radius 3 is 2.72 bits per heavy atom. The van der Waals surface area contributed by atoms with E-state index in [1.165, 1.54) is 12.8 Å². The number of esters is 1. The van der Waals surface area contributed by atoms with Crippen molar-refractivity contribution in [1.82, 2.24) is 5.32 Å². The Hall–Kier alpha value is -0.620. The molecule has 0 spiro atoms. The molecule has 1 saturated heterocycles. The first-order valence-electron chi connectivity index (χ1n) is 6.63. The molecule has 5 nitrogen and oxygen atoms in total. The second-order valence-electron chi connectivity index (χ2n) is 4.64. The maximum Gasteiger partial charge on any atom is 0.306 e. The zero-order valence-corrected chi connectivity index (χ0v) is 11.8. The van der Waals surface area contributed by atoms with Gasteiger partial charge in [-0.15, -0.1) is 0 Å². The summed E-state index contributed by atoms with van der Waals surface area (Å²) >= 11 is 0. The third-order valence-corrected chi connectivity index (χ3v) is 4.80. The minimum absolute atomic E-state index is 0.0335. The average molecular weight is 277 g/mol. The lowest BCUT2D eigenvalue weighted by atomic mass is 10.0. The van der Waals surface area contributed by atoms with E-state index in [0.717, 1.165) is 13.0 Å². The highest BCUT2D eigenvalue weighted by Crippen LogP contribution is 2.11. The second kappa shape index (κ2) is 7.74. The number of rotatable bonds is 7. The summed E-state index contributed by atoms with van der Waals surface area (Å²) in [4.78, 5) is 11.1. The van der Waals surface area contributed by atoms with Gasteiger partial charge in [0.25, 0.3) is 0 Å². The van der Waals surface area contributed by atoms with Crippen molar-refractivity contribution in [2.75, 3.05) is 24.7 Å². The van der Waals surface area contributed by atoms with Crippen LogP contribution in [0.2, 0.25) is 0 Å². The van der Waals surface area contributed by atoms with E-state index >= 15 is 0 Å². The standard InChI is InChI=1S/C12H23NO4S/c1-2-17-12(14)7-10-18(15,16)9-6-11-5-3-4-8-13-11/h11,13H,2-10H2,1H3. The highest BCUT2D eigenvalue weighted by molar-refractivity contribution is 7.91. The molecule has 18 heavy (non-hydrogen) atoms. The molecule has 1 atom stereocenters. The van der Waals surface area contributed by atoms with E-state index in [4.69, 9.17) is 4.74 Å². The molecule has 0 amide bonds. The maximum absolute atomic E-state index is 11.7. The minimum atomic E-state index is -3.14. The van der Waals surface area contributed by atoms with Crippen LogP contribution >= 0.6 is 0 Å². The van der Waals surface area contributed by atoms with E-state index in [9.17, 15) is 13.2 Å². The first-order chi connectivity index (χ1) is 8.53. The van der Waals surface area contributed by atoms with Crippen molar-refractivity contribution in [2.45, 2.75) is 45.1 Å². The topological polar surface area (TPSA) is 72.5 Å². The molecular formula is C12H23NO4S. The number of hydrogen-bond acceptors (Lipinski definition) is 5. The molecule has 1 unspecified atom stereocenters. The van der Waals surface area contributed by atoms with E-state index < -0.39 is 15.8 Å². The monoisotopic (exact) mass is 277 g/mol. The van der Waals surface area contributed by atoms with E-state index in [2.05, 4.69) is 5.32 Å². The zero-order valence-electron chi connectivity index (χ0n) is 11.0. The van der Waals surface area contributed by atoms with Crippen LogP contribution in [0.25, 0.3) is 0 Å². The summed E-state index contributed by atoms with van der Waals surface area (Å²) in [6, 6.07) is 0.316. The van der Waals surface area contributed by atoms with Gasteiger partial charge in [-0.25, -0.2) is 8.42 Å². The number of carbonyl (C=O) groups excluding carboxylic acids is 1. The number of carbonyl (C=O) groups is 1. The van der Waals surface area contributed by atoms with Gasteiger partial charge < -0.3 is 10.1 Å². The summed E-state index contributed by atoms with van der Waals surface area (Å²) in [6.45, 7) is 2.99. The lowest BCUT2D eigenvalue weighted by Crippen LogP contribution is -2.35. The number of hydrogen-bond donors (Lipinski definition) is 1. The van der Waals surface area contributed by atoms with Crippen LogP contribution in [0.15, 0.2) is 0 Å². The molecular weight excluding hydrogens is 254 g/mol. The average Bonchev–Trinajstić information content (AvgIpc) is 2.36. The Kier molecular flexibility index (Phi) is 6.63. The molecule has 106 valence electrons. The van der Waals surface area contributed by atoms with Gasteiger partial charge in [-0.1, -0.05) is 6.42 Å². The number of piperidine rings is 1. The van der Waals surface area contributed by atoms with Crippen LogP contribution < -0.4 is 5.32 Å². The van der Waals surface area contributed by atoms with Crippen molar-refractivity contribution in [3.05, 3.63) is 0 Å². The predicted octanol–water partition coefficient (Wildman–Crippen LogP) is 0.887. The van der Waals surface area contributed by atoms with Crippen molar-refractivity contribution < 1.29 is 17.9 Å². The molecule has 1 rings (SSSR count). The van der Waals surface area contributed by atoms with Gasteiger partial charge in [0.05, 0.1) is 24.5 Å². The van der Waals surface area contributed by atoms with Crippen molar-refractivity contribution in [1.29, 1.82) is 0 Å². The van der Waals surface area contributed by atoms with Gasteiger partial charge in [-0.3, -0.25) is 4.79 Å². The SMILES string of the molecule is CCOC(=O)CCS(=O)(=O)CCC1CCCCN1. The summed E-state index contributed by atoms with van der Waals surface area (Å²) in [7, 11) is -3.14. The molecule has 0 aromatic rings. The van der Waals surface area contributed by atoms with Crippen LogP contribution in [0.1, 0.15) is 39.0 Å². The zero-order chi connectivity index (χ0) is 13.4. The Bertz CT molecular complexity index is 347. The molecule has 6 heteroatoms. The Balaban J connectivity index is 2.24. The predicted molar refractivity (Wildman–Crippen MR) is 70.2 cm³/mol. The van der Waals surface area contributed by atoms with Gasteiger partial charge in [0.15, 0.2) is 9.84 Å². The van der Waals surface area contributed by atoms with Crippen LogP contribution in [0.3, 0.4) is 0 Å². The van der Waals surface area contributed by atoms with Crippen molar-refractivity contribution in [3.63, 3.8) is 0 Å². The van der Waals surface area contributed by atoms with Gasteiger partial charge in [0.2, 0.25) is 0 Å². The fourth-order valence-corrected chi connectivity index (χ4v) is 3.39. The van der Waals surface area contributed by atoms with Gasteiger partial charge in [-0.05, 0) is 32.7 Å². The van der Waals surface area contributed by atoms with Crippen molar-refractivity contribution in [2.24, 2.45) is 0 Å². The van der Waals surface area contributed by atoms with Crippen LogP contribution in [0, 0.1) is 0 Å². The normalized spacial score (nSPS) is 20.6. The van der Waals surface area contributed by atoms with Crippen LogP contribution in [-0.4, -0.2) is 45.1 Å². The van der Waals surface area contributed by atoms with Gasteiger partial charge in [-0.2, -0.15) is 0 Å². The van der Waals surface area contributed by atoms with E-state index in [0.29, 0.717) is 19.1 Å². The minimum Gasteiger partial charge on any atom is -0.466 e.